The van der Waals surface area contributed by atoms with E-state index in [1.54, 1.807) is 11.3 Å². The molecule has 0 atom stereocenters. The predicted octanol–water partition coefficient (Wildman–Crippen LogP) is 2.53. The van der Waals surface area contributed by atoms with Gasteiger partial charge in [0.2, 0.25) is 0 Å². The van der Waals surface area contributed by atoms with Crippen molar-refractivity contribution >= 4 is 23.3 Å². The zero-order valence-corrected chi connectivity index (χ0v) is 13.5. The Morgan fingerprint density at radius 3 is 2.62 bits per heavy atom. The molecule has 0 unspecified atom stereocenters. The fraction of sp³-hybridized carbons (Fsp3) is 0.643. The minimum absolute atomic E-state index is 0.0995. The van der Waals surface area contributed by atoms with Crippen LogP contribution < -0.4 is 10.6 Å². The molecule has 0 aliphatic rings. The molecule has 0 saturated carbocycles. The normalized spacial score (nSPS) is 11.2. The van der Waals surface area contributed by atoms with Gasteiger partial charge in [0.05, 0.1) is 17.2 Å². The number of rotatable bonds is 8. The van der Waals surface area contributed by atoms with E-state index in [1.165, 1.54) is 0 Å². The number of carboxylic acids is 1. The summed E-state index contributed by atoms with van der Waals surface area (Å²) in [6.45, 7) is 6.88. The van der Waals surface area contributed by atoms with E-state index in [2.05, 4.69) is 15.6 Å². The minimum atomic E-state index is -0.785. The summed E-state index contributed by atoms with van der Waals surface area (Å²) >= 11 is 1.55. The van der Waals surface area contributed by atoms with Crippen LogP contribution in [0.25, 0.3) is 0 Å². The number of thiazole rings is 1. The number of aliphatic carboxylic acids is 1. The van der Waals surface area contributed by atoms with Gasteiger partial charge in [0.1, 0.15) is 0 Å². The molecule has 1 rings (SSSR count). The zero-order valence-electron chi connectivity index (χ0n) is 12.7. The number of amides is 2. The smallest absolute Gasteiger partial charge is 0.315 e. The molecule has 0 saturated heterocycles. The van der Waals surface area contributed by atoms with Crippen molar-refractivity contribution in [1.29, 1.82) is 0 Å². The average molecular weight is 313 g/mol. The average Bonchev–Trinajstić information content (AvgIpc) is 2.80. The third kappa shape index (κ3) is 7.65. The lowest BCUT2D eigenvalue weighted by molar-refractivity contribution is -0.137. The van der Waals surface area contributed by atoms with Crippen molar-refractivity contribution in [2.45, 2.75) is 46.6 Å². The van der Waals surface area contributed by atoms with Crippen LogP contribution in [0, 0.1) is 12.3 Å². The first-order chi connectivity index (χ1) is 9.78. The maximum atomic E-state index is 11.6. The van der Waals surface area contributed by atoms with Crippen molar-refractivity contribution in [3.63, 3.8) is 0 Å². The van der Waals surface area contributed by atoms with E-state index in [1.807, 2.05) is 26.2 Å². The lowest BCUT2D eigenvalue weighted by atomic mass is 9.84. The van der Waals surface area contributed by atoms with Crippen LogP contribution in [0.5, 0.6) is 0 Å². The Labute approximate surface area is 129 Å². The predicted molar refractivity (Wildman–Crippen MR) is 82.4 cm³/mol. The number of carbonyl (C=O) groups is 2. The van der Waals surface area contributed by atoms with Gasteiger partial charge in [0, 0.05) is 18.3 Å². The van der Waals surface area contributed by atoms with Gasteiger partial charge in [0.15, 0.2) is 0 Å². The highest BCUT2D eigenvalue weighted by Crippen LogP contribution is 2.25. The molecule has 3 N–H and O–H groups in total. The molecule has 1 aromatic rings. The molecule has 0 aliphatic heterocycles. The Morgan fingerprint density at radius 2 is 2.05 bits per heavy atom. The number of aromatic nitrogens is 1. The van der Waals surface area contributed by atoms with E-state index in [9.17, 15) is 9.59 Å². The molecule has 1 aromatic heterocycles. The molecule has 0 bridgehead atoms. The van der Waals surface area contributed by atoms with Crippen LogP contribution >= 0.6 is 11.3 Å². The van der Waals surface area contributed by atoms with Gasteiger partial charge in [-0.3, -0.25) is 4.79 Å². The molecule has 21 heavy (non-hydrogen) atoms. The first-order valence-electron chi connectivity index (χ1n) is 6.93. The van der Waals surface area contributed by atoms with Crippen molar-refractivity contribution < 1.29 is 14.7 Å². The largest absolute Gasteiger partial charge is 0.481 e. The van der Waals surface area contributed by atoms with Crippen LogP contribution in [0.2, 0.25) is 0 Å². The van der Waals surface area contributed by atoms with Gasteiger partial charge in [-0.15, -0.1) is 11.3 Å². The van der Waals surface area contributed by atoms with Crippen molar-refractivity contribution in [3.05, 3.63) is 16.1 Å². The second-order valence-corrected chi connectivity index (χ2v) is 6.84. The van der Waals surface area contributed by atoms with Crippen LogP contribution in [0.3, 0.4) is 0 Å². The van der Waals surface area contributed by atoms with E-state index in [-0.39, 0.29) is 17.9 Å². The first-order valence-corrected chi connectivity index (χ1v) is 7.81. The zero-order chi connectivity index (χ0) is 15.9. The van der Waals surface area contributed by atoms with E-state index < -0.39 is 5.97 Å². The maximum absolute atomic E-state index is 11.6. The fourth-order valence-corrected chi connectivity index (χ4v) is 2.42. The Kier molecular flexibility index (Phi) is 6.61. The monoisotopic (exact) mass is 313 g/mol. The standard InChI is InChI=1S/C14H23N3O3S/c1-10-17-11(9-21-10)8-16-13(20)15-7-6-14(2,3)5-4-12(18)19/h9H,4-8H2,1-3H3,(H,18,19)(H2,15,16,20). The van der Waals surface area contributed by atoms with Crippen molar-refractivity contribution in [3.8, 4) is 0 Å². The summed E-state index contributed by atoms with van der Waals surface area (Å²) in [4.78, 5) is 26.5. The third-order valence-electron chi connectivity index (χ3n) is 3.20. The third-order valence-corrected chi connectivity index (χ3v) is 4.02. The maximum Gasteiger partial charge on any atom is 0.315 e. The van der Waals surface area contributed by atoms with E-state index in [4.69, 9.17) is 5.11 Å². The number of aryl methyl sites for hydroxylation is 1. The number of hydrogen-bond donors (Lipinski definition) is 3. The molecule has 0 spiro atoms. The van der Waals surface area contributed by atoms with E-state index in [0.717, 1.165) is 17.1 Å². The molecule has 0 aliphatic carbocycles. The van der Waals surface area contributed by atoms with Gasteiger partial charge in [-0.05, 0) is 25.2 Å². The number of carboxylic acid groups (broad SMARTS) is 1. The highest BCUT2D eigenvalue weighted by Gasteiger charge is 2.19. The summed E-state index contributed by atoms with van der Waals surface area (Å²) in [5.41, 5.74) is 0.756. The molecular formula is C14H23N3O3S. The molecule has 0 aromatic carbocycles. The number of nitrogens with one attached hydrogen (secondary N) is 2. The number of carbonyl (C=O) groups excluding carboxylic acids is 1. The number of hydrogen-bond acceptors (Lipinski definition) is 4. The Morgan fingerprint density at radius 1 is 1.33 bits per heavy atom. The topological polar surface area (TPSA) is 91.3 Å². The van der Waals surface area contributed by atoms with Crippen LogP contribution in [0.4, 0.5) is 4.79 Å². The summed E-state index contributed by atoms with van der Waals surface area (Å²) in [5, 5.41) is 17.1. The first kappa shape index (κ1) is 17.4. The summed E-state index contributed by atoms with van der Waals surface area (Å²) in [6, 6.07) is -0.227. The summed E-state index contributed by atoms with van der Waals surface area (Å²) in [7, 11) is 0. The van der Waals surface area contributed by atoms with Gasteiger partial charge in [0.25, 0.3) is 0 Å². The Balaban J connectivity index is 2.19. The second-order valence-electron chi connectivity index (χ2n) is 5.78. The van der Waals surface area contributed by atoms with Gasteiger partial charge >= 0.3 is 12.0 Å². The van der Waals surface area contributed by atoms with Gasteiger partial charge < -0.3 is 15.7 Å². The number of urea groups is 1. The molecule has 2 amide bonds. The summed E-state index contributed by atoms with van der Waals surface area (Å²) in [5.74, 6) is -0.785. The van der Waals surface area contributed by atoms with Crippen LogP contribution in [0.15, 0.2) is 5.38 Å². The molecule has 6 nitrogen and oxygen atoms in total. The van der Waals surface area contributed by atoms with Crippen molar-refractivity contribution in [2.75, 3.05) is 6.54 Å². The van der Waals surface area contributed by atoms with Gasteiger partial charge in [-0.25, -0.2) is 9.78 Å². The minimum Gasteiger partial charge on any atom is -0.481 e. The van der Waals surface area contributed by atoms with E-state index >= 15 is 0 Å². The lowest BCUT2D eigenvalue weighted by Gasteiger charge is -2.23. The van der Waals surface area contributed by atoms with Crippen molar-refractivity contribution in [2.24, 2.45) is 5.41 Å². The molecule has 7 heteroatoms. The quantitative estimate of drug-likeness (QED) is 0.688. The Bertz CT molecular complexity index is 486. The second kappa shape index (κ2) is 7.97. The van der Waals surface area contributed by atoms with Crippen LogP contribution in [-0.2, 0) is 11.3 Å². The lowest BCUT2D eigenvalue weighted by Crippen LogP contribution is -2.37. The fourth-order valence-electron chi connectivity index (χ4n) is 1.81. The summed E-state index contributed by atoms with van der Waals surface area (Å²) in [6.07, 6.45) is 1.50. The van der Waals surface area contributed by atoms with Crippen LogP contribution in [0.1, 0.15) is 43.8 Å². The van der Waals surface area contributed by atoms with Crippen LogP contribution in [-0.4, -0.2) is 28.6 Å². The van der Waals surface area contributed by atoms with Gasteiger partial charge in [-0.2, -0.15) is 0 Å². The molecular weight excluding hydrogens is 290 g/mol. The van der Waals surface area contributed by atoms with E-state index in [0.29, 0.717) is 19.5 Å². The highest BCUT2D eigenvalue weighted by molar-refractivity contribution is 7.09. The number of nitrogens with zero attached hydrogens (tertiary/aromatic N) is 1. The highest BCUT2D eigenvalue weighted by atomic mass is 32.1. The van der Waals surface area contributed by atoms with Gasteiger partial charge in [-0.1, -0.05) is 13.8 Å². The molecule has 118 valence electrons. The molecule has 0 radical (unpaired) electrons. The Hall–Kier alpha value is -1.63. The molecule has 0 fully saturated rings. The van der Waals surface area contributed by atoms with Crippen molar-refractivity contribution in [1.82, 2.24) is 15.6 Å². The summed E-state index contributed by atoms with van der Waals surface area (Å²) < 4.78 is 0. The molecule has 1 heterocycles. The SMILES string of the molecule is Cc1nc(CNC(=O)NCCC(C)(C)CCC(=O)O)cs1.